The fourth-order valence-electron chi connectivity index (χ4n) is 0.514. The molecule has 0 spiro atoms. The molecule has 0 aliphatic heterocycles. The minimum atomic E-state index is -0.450. The van der Waals surface area contributed by atoms with Crippen molar-refractivity contribution in [1.82, 2.24) is 5.32 Å². The number of nitro groups is 1. The summed E-state index contributed by atoms with van der Waals surface area (Å²) in [5, 5.41) is 13.5. The first-order valence-electron chi connectivity index (χ1n) is 3.34. The highest BCUT2D eigenvalue weighted by Crippen LogP contribution is 2.06. The zero-order valence-electron chi connectivity index (χ0n) is 6.66. The molecule has 1 N–H and O–H groups in total. The van der Waals surface area contributed by atoms with Crippen molar-refractivity contribution in [3.05, 3.63) is 21.3 Å². The fourth-order valence-corrected chi connectivity index (χ4v) is 0.952. The first-order chi connectivity index (χ1) is 5.20. The lowest BCUT2D eigenvalue weighted by Gasteiger charge is -2.02. The summed E-state index contributed by atoms with van der Waals surface area (Å²) in [4.78, 5) is 9.56. The van der Waals surface area contributed by atoms with Gasteiger partial charge >= 0.3 is 0 Å². The number of thioether (sulfide) groups is 1. The van der Waals surface area contributed by atoms with E-state index in [1.54, 1.807) is 6.26 Å². The molecular weight excluding hydrogens is 164 g/mol. The van der Waals surface area contributed by atoms with Gasteiger partial charge in [0.1, 0.15) is 5.03 Å². The second-order valence-electron chi connectivity index (χ2n) is 1.91. The molecule has 64 valence electrons. The highest BCUT2D eigenvalue weighted by atomic mass is 32.2. The Bertz CT molecular complexity index is 159. The van der Waals surface area contributed by atoms with E-state index in [2.05, 4.69) is 5.32 Å². The summed E-state index contributed by atoms with van der Waals surface area (Å²) >= 11 is 1.35. The van der Waals surface area contributed by atoms with Gasteiger partial charge in [-0.25, -0.2) is 0 Å². The lowest BCUT2D eigenvalue weighted by Crippen LogP contribution is -2.12. The highest BCUT2D eigenvalue weighted by molar-refractivity contribution is 8.02. The van der Waals surface area contributed by atoms with E-state index >= 15 is 0 Å². The van der Waals surface area contributed by atoms with Crippen LogP contribution in [0.3, 0.4) is 0 Å². The van der Waals surface area contributed by atoms with Gasteiger partial charge in [0.05, 0.1) is 4.92 Å². The van der Waals surface area contributed by atoms with E-state index in [0.29, 0.717) is 5.03 Å². The van der Waals surface area contributed by atoms with Crippen molar-refractivity contribution in [2.24, 2.45) is 0 Å². The molecule has 0 saturated carbocycles. The van der Waals surface area contributed by atoms with Gasteiger partial charge in [-0.15, -0.1) is 11.8 Å². The third kappa shape index (κ3) is 5.72. The molecule has 0 heterocycles. The van der Waals surface area contributed by atoms with E-state index < -0.39 is 4.92 Å². The van der Waals surface area contributed by atoms with Crippen LogP contribution in [0.15, 0.2) is 11.2 Å². The SMILES string of the molecule is CCCN/C(=C/[N+](=O)[O-])SC. The van der Waals surface area contributed by atoms with Crippen molar-refractivity contribution >= 4 is 11.8 Å². The summed E-state index contributed by atoms with van der Waals surface area (Å²) in [6, 6.07) is 0. The van der Waals surface area contributed by atoms with Crippen LogP contribution >= 0.6 is 11.8 Å². The quantitative estimate of drug-likeness (QED) is 0.508. The lowest BCUT2D eigenvalue weighted by molar-refractivity contribution is -0.403. The Morgan fingerprint density at radius 2 is 2.45 bits per heavy atom. The van der Waals surface area contributed by atoms with Gasteiger partial charge in [-0.2, -0.15) is 0 Å². The van der Waals surface area contributed by atoms with Gasteiger partial charge in [-0.05, 0) is 12.7 Å². The number of hydrogen-bond acceptors (Lipinski definition) is 4. The van der Waals surface area contributed by atoms with Crippen LogP contribution in [0.2, 0.25) is 0 Å². The average Bonchev–Trinajstić information content (AvgIpc) is 1.97. The Hall–Kier alpha value is -0.710. The number of nitrogens with one attached hydrogen (secondary N) is 1. The first kappa shape index (κ1) is 10.3. The first-order valence-corrected chi connectivity index (χ1v) is 4.56. The second kappa shape index (κ2) is 6.03. The predicted molar refractivity (Wildman–Crippen MR) is 46.9 cm³/mol. The molecule has 0 bridgehead atoms. The molecule has 5 heteroatoms. The van der Waals surface area contributed by atoms with Crippen LogP contribution in [0.4, 0.5) is 0 Å². The molecule has 0 radical (unpaired) electrons. The van der Waals surface area contributed by atoms with Crippen LogP contribution in [0.25, 0.3) is 0 Å². The Kier molecular flexibility index (Phi) is 5.64. The minimum absolute atomic E-state index is 0.450. The van der Waals surface area contributed by atoms with Crippen molar-refractivity contribution in [2.45, 2.75) is 13.3 Å². The Morgan fingerprint density at radius 3 is 2.82 bits per heavy atom. The summed E-state index contributed by atoms with van der Waals surface area (Å²) in [6.07, 6.45) is 3.76. The summed E-state index contributed by atoms with van der Waals surface area (Å²) in [7, 11) is 0. The van der Waals surface area contributed by atoms with E-state index in [4.69, 9.17) is 0 Å². The lowest BCUT2D eigenvalue weighted by atomic mass is 10.5. The summed E-state index contributed by atoms with van der Waals surface area (Å²) in [5.41, 5.74) is 0. The van der Waals surface area contributed by atoms with Crippen LogP contribution in [-0.4, -0.2) is 17.7 Å². The zero-order valence-corrected chi connectivity index (χ0v) is 7.48. The fraction of sp³-hybridized carbons (Fsp3) is 0.667. The third-order valence-electron chi connectivity index (χ3n) is 0.992. The smallest absolute Gasteiger partial charge is 0.263 e. The van der Waals surface area contributed by atoms with Gasteiger partial charge in [0, 0.05) is 6.54 Å². The topological polar surface area (TPSA) is 55.2 Å². The largest absolute Gasteiger partial charge is 0.375 e. The van der Waals surface area contributed by atoms with Crippen molar-refractivity contribution in [2.75, 3.05) is 12.8 Å². The van der Waals surface area contributed by atoms with Gasteiger partial charge < -0.3 is 5.32 Å². The Balaban J connectivity index is 3.84. The van der Waals surface area contributed by atoms with Gasteiger partial charge in [-0.1, -0.05) is 6.92 Å². The summed E-state index contributed by atoms with van der Waals surface area (Å²) in [5.74, 6) is 0. The molecule has 0 aromatic rings. The number of rotatable bonds is 5. The molecule has 0 unspecified atom stereocenters. The minimum Gasteiger partial charge on any atom is -0.375 e. The molecule has 0 aromatic heterocycles. The maximum absolute atomic E-state index is 10.0. The molecular formula is C6H12N2O2S. The van der Waals surface area contributed by atoms with Crippen LogP contribution in [-0.2, 0) is 0 Å². The Labute approximate surface area is 70.2 Å². The van der Waals surface area contributed by atoms with Gasteiger partial charge in [-0.3, -0.25) is 10.1 Å². The van der Waals surface area contributed by atoms with E-state index in [1.165, 1.54) is 11.8 Å². The summed E-state index contributed by atoms with van der Waals surface area (Å²) in [6.45, 7) is 2.79. The molecule has 4 nitrogen and oxygen atoms in total. The second-order valence-corrected chi connectivity index (χ2v) is 2.76. The Morgan fingerprint density at radius 1 is 1.82 bits per heavy atom. The van der Waals surface area contributed by atoms with Crippen LogP contribution < -0.4 is 5.32 Å². The van der Waals surface area contributed by atoms with Crippen molar-refractivity contribution in [1.29, 1.82) is 0 Å². The molecule has 0 amide bonds. The normalized spacial score (nSPS) is 11.3. The molecule has 0 saturated heterocycles. The van der Waals surface area contributed by atoms with Gasteiger partial charge in [0.15, 0.2) is 0 Å². The van der Waals surface area contributed by atoms with E-state index in [9.17, 15) is 10.1 Å². The third-order valence-corrected chi connectivity index (χ3v) is 1.68. The molecule has 11 heavy (non-hydrogen) atoms. The zero-order chi connectivity index (χ0) is 8.69. The van der Waals surface area contributed by atoms with Crippen molar-refractivity contribution < 1.29 is 4.92 Å². The van der Waals surface area contributed by atoms with Crippen LogP contribution in [0.5, 0.6) is 0 Å². The molecule has 0 aliphatic rings. The monoisotopic (exact) mass is 176 g/mol. The predicted octanol–water partition coefficient (Wildman–Crippen LogP) is 1.42. The molecule has 0 rings (SSSR count). The highest BCUT2D eigenvalue weighted by Gasteiger charge is 1.97. The average molecular weight is 176 g/mol. The van der Waals surface area contributed by atoms with Crippen molar-refractivity contribution in [3.8, 4) is 0 Å². The summed E-state index contributed by atoms with van der Waals surface area (Å²) < 4.78 is 0. The van der Waals surface area contributed by atoms with Crippen LogP contribution in [0.1, 0.15) is 13.3 Å². The number of hydrogen-bond donors (Lipinski definition) is 1. The van der Waals surface area contributed by atoms with E-state index in [1.807, 2.05) is 6.92 Å². The standard InChI is InChI=1S/C6H12N2O2S/c1-3-4-7-6(11-2)5-8(9)10/h5,7H,3-4H2,1-2H3/b6-5-. The van der Waals surface area contributed by atoms with Crippen LogP contribution in [0, 0.1) is 10.1 Å². The molecule has 0 aliphatic carbocycles. The molecule has 0 fully saturated rings. The van der Waals surface area contributed by atoms with Gasteiger partial charge in [0.2, 0.25) is 0 Å². The van der Waals surface area contributed by atoms with Gasteiger partial charge in [0.25, 0.3) is 6.20 Å². The molecule has 0 aromatic carbocycles. The maximum Gasteiger partial charge on any atom is 0.263 e. The number of nitrogens with zero attached hydrogens (tertiary/aromatic N) is 1. The van der Waals surface area contributed by atoms with Crippen molar-refractivity contribution in [3.63, 3.8) is 0 Å². The maximum atomic E-state index is 10.0. The van der Waals surface area contributed by atoms with E-state index in [0.717, 1.165) is 19.2 Å². The van der Waals surface area contributed by atoms with E-state index in [-0.39, 0.29) is 0 Å². The molecule has 0 atom stereocenters.